The van der Waals surface area contributed by atoms with Gasteiger partial charge in [-0.25, -0.2) is 0 Å². The lowest BCUT2D eigenvalue weighted by molar-refractivity contribution is 0.254. The lowest BCUT2D eigenvalue weighted by Gasteiger charge is -2.21. The van der Waals surface area contributed by atoms with Gasteiger partial charge < -0.3 is 9.32 Å². The van der Waals surface area contributed by atoms with Crippen molar-refractivity contribution in [2.75, 3.05) is 26.7 Å². The number of para-hydroxylation sites is 1. The van der Waals surface area contributed by atoms with E-state index in [0.29, 0.717) is 0 Å². The van der Waals surface area contributed by atoms with Crippen LogP contribution in [-0.4, -0.2) is 41.5 Å². The third-order valence-electron chi connectivity index (χ3n) is 5.07. The summed E-state index contributed by atoms with van der Waals surface area (Å²) in [6.45, 7) is 5.43. The third kappa shape index (κ3) is 3.91. The van der Waals surface area contributed by atoms with E-state index in [2.05, 4.69) is 40.0 Å². The van der Waals surface area contributed by atoms with Gasteiger partial charge in [-0.05, 0) is 43.6 Å². The van der Waals surface area contributed by atoms with Gasteiger partial charge in [0.2, 0.25) is 0 Å². The number of fused-ring (bicyclic) bond motifs is 1. The van der Waals surface area contributed by atoms with E-state index < -0.39 is 0 Å². The predicted molar refractivity (Wildman–Crippen MR) is 100 cm³/mol. The van der Waals surface area contributed by atoms with Crippen LogP contribution in [0.5, 0.6) is 0 Å². The number of pyridine rings is 1. The second-order valence-electron chi connectivity index (χ2n) is 7.20. The number of likely N-dealkylation sites (tertiary alicyclic amines) is 1. The quantitative estimate of drug-likeness (QED) is 0.686. The fourth-order valence-electron chi connectivity index (χ4n) is 3.91. The summed E-state index contributed by atoms with van der Waals surface area (Å²) in [6.07, 6.45) is 6.99. The van der Waals surface area contributed by atoms with Crippen LogP contribution in [-0.2, 0) is 13.1 Å². The fourth-order valence-corrected chi connectivity index (χ4v) is 3.91. The zero-order valence-corrected chi connectivity index (χ0v) is 14.8. The van der Waals surface area contributed by atoms with Gasteiger partial charge in [0.05, 0.1) is 6.26 Å². The molecule has 4 nitrogen and oxygen atoms in total. The van der Waals surface area contributed by atoms with Crippen molar-refractivity contribution in [1.29, 1.82) is 0 Å². The molecule has 0 amide bonds. The van der Waals surface area contributed by atoms with Gasteiger partial charge in [0, 0.05) is 49.5 Å². The zero-order valence-electron chi connectivity index (χ0n) is 14.8. The topological polar surface area (TPSA) is 32.5 Å². The van der Waals surface area contributed by atoms with Crippen LogP contribution in [0.25, 0.3) is 11.0 Å². The molecule has 3 aromatic rings. The van der Waals surface area contributed by atoms with E-state index in [1.165, 1.54) is 29.5 Å². The summed E-state index contributed by atoms with van der Waals surface area (Å²) < 4.78 is 5.68. The van der Waals surface area contributed by atoms with E-state index in [1.807, 2.05) is 36.9 Å². The molecule has 130 valence electrons. The van der Waals surface area contributed by atoms with Crippen LogP contribution in [0, 0.1) is 5.92 Å². The van der Waals surface area contributed by atoms with Crippen LogP contribution in [0.15, 0.2) is 59.5 Å². The molecule has 0 bridgehead atoms. The Morgan fingerprint density at radius 3 is 3.04 bits per heavy atom. The van der Waals surface area contributed by atoms with Crippen molar-refractivity contribution in [3.63, 3.8) is 0 Å². The average molecular weight is 335 g/mol. The van der Waals surface area contributed by atoms with E-state index in [0.717, 1.165) is 37.7 Å². The van der Waals surface area contributed by atoms with Crippen LogP contribution in [0.1, 0.15) is 17.5 Å². The number of rotatable bonds is 6. The molecule has 2 aromatic heterocycles. The fraction of sp³-hybridized carbons (Fsp3) is 0.381. The van der Waals surface area contributed by atoms with Crippen LogP contribution < -0.4 is 0 Å². The number of benzene rings is 1. The Balaban J connectivity index is 1.31. The monoisotopic (exact) mass is 335 g/mol. The Hall–Kier alpha value is -2.17. The molecule has 1 aromatic carbocycles. The highest BCUT2D eigenvalue weighted by atomic mass is 16.3. The Morgan fingerprint density at radius 2 is 2.16 bits per heavy atom. The summed E-state index contributed by atoms with van der Waals surface area (Å²) >= 11 is 0. The summed E-state index contributed by atoms with van der Waals surface area (Å²) in [4.78, 5) is 9.17. The third-order valence-corrected chi connectivity index (χ3v) is 5.07. The summed E-state index contributed by atoms with van der Waals surface area (Å²) in [5.74, 6) is 0.736. The molecule has 1 aliphatic rings. The van der Waals surface area contributed by atoms with Crippen molar-refractivity contribution < 1.29 is 4.42 Å². The van der Waals surface area contributed by atoms with Crippen LogP contribution in [0.2, 0.25) is 0 Å². The molecule has 0 radical (unpaired) electrons. The number of hydrogen-bond donors (Lipinski definition) is 0. The number of furan rings is 1. The molecule has 1 aliphatic heterocycles. The molecule has 3 heterocycles. The first-order chi connectivity index (χ1) is 12.3. The standard InChI is InChI=1S/C21H25N3O/c1-23(12-17-5-4-9-22-11-17)13-18-8-10-24(14-18)15-19-16-25-21-7-3-2-6-20(19)21/h2-7,9,11,16,18H,8,10,12-15H2,1H3/t18-/m1/s1. The molecular weight excluding hydrogens is 310 g/mol. The smallest absolute Gasteiger partial charge is 0.134 e. The largest absolute Gasteiger partial charge is 0.464 e. The van der Waals surface area contributed by atoms with E-state index >= 15 is 0 Å². The molecule has 4 heteroatoms. The lowest BCUT2D eigenvalue weighted by Crippen LogP contribution is -2.28. The molecular formula is C21H25N3O. The maximum absolute atomic E-state index is 5.68. The van der Waals surface area contributed by atoms with Gasteiger partial charge in [-0.3, -0.25) is 9.88 Å². The minimum Gasteiger partial charge on any atom is -0.464 e. The van der Waals surface area contributed by atoms with E-state index in [1.54, 1.807) is 0 Å². The summed E-state index contributed by atoms with van der Waals surface area (Å²) in [5, 5.41) is 1.25. The highest BCUT2D eigenvalue weighted by molar-refractivity contribution is 5.80. The molecule has 1 saturated heterocycles. The van der Waals surface area contributed by atoms with Crippen molar-refractivity contribution >= 4 is 11.0 Å². The normalized spacial score (nSPS) is 18.4. The first kappa shape index (κ1) is 16.3. The maximum Gasteiger partial charge on any atom is 0.134 e. The molecule has 0 aliphatic carbocycles. The average Bonchev–Trinajstić information content (AvgIpc) is 3.23. The van der Waals surface area contributed by atoms with Crippen molar-refractivity contribution in [1.82, 2.24) is 14.8 Å². The Morgan fingerprint density at radius 1 is 1.24 bits per heavy atom. The Kier molecular flexibility index (Phi) is 4.81. The van der Waals surface area contributed by atoms with Gasteiger partial charge in [0.15, 0.2) is 0 Å². The van der Waals surface area contributed by atoms with Gasteiger partial charge in [0.1, 0.15) is 5.58 Å². The molecule has 4 rings (SSSR count). The van der Waals surface area contributed by atoms with Gasteiger partial charge >= 0.3 is 0 Å². The molecule has 0 spiro atoms. The van der Waals surface area contributed by atoms with E-state index in [4.69, 9.17) is 4.42 Å². The summed E-state index contributed by atoms with van der Waals surface area (Å²) in [7, 11) is 2.21. The van der Waals surface area contributed by atoms with Crippen molar-refractivity contribution in [2.24, 2.45) is 5.92 Å². The maximum atomic E-state index is 5.68. The summed E-state index contributed by atoms with van der Waals surface area (Å²) in [5.41, 5.74) is 3.58. The molecule has 0 N–H and O–H groups in total. The van der Waals surface area contributed by atoms with Crippen molar-refractivity contribution in [3.05, 3.63) is 66.2 Å². The SMILES string of the molecule is CN(Cc1cccnc1)C[C@H]1CCN(Cc2coc3ccccc23)C1. The van der Waals surface area contributed by atoms with Gasteiger partial charge in [-0.15, -0.1) is 0 Å². The Bertz CT molecular complexity index is 814. The predicted octanol–water partition coefficient (Wildman–Crippen LogP) is 3.78. The van der Waals surface area contributed by atoms with Crippen LogP contribution in [0.4, 0.5) is 0 Å². The molecule has 0 saturated carbocycles. The second-order valence-corrected chi connectivity index (χ2v) is 7.20. The van der Waals surface area contributed by atoms with Gasteiger partial charge in [0.25, 0.3) is 0 Å². The van der Waals surface area contributed by atoms with Gasteiger partial charge in [-0.2, -0.15) is 0 Å². The first-order valence-electron chi connectivity index (χ1n) is 9.03. The minimum atomic E-state index is 0.736. The highest BCUT2D eigenvalue weighted by Crippen LogP contribution is 2.25. The van der Waals surface area contributed by atoms with Crippen molar-refractivity contribution in [3.8, 4) is 0 Å². The molecule has 0 unspecified atom stereocenters. The summed E-state index contributed by atoms with van der Waals surface area (Å²) in [6, 6.07) is 12.5. The van der Waals surface area contributed by atoms with Crippen molar-refractivity contribution in [2.45, 2.75) is 19.5 Å². The zero-order chi connectivity index (χ0) is 17.1. The molecule has 25 heavy (non-hydrogen) atoms. The first-order valence-corrected chi connectivity index (χ1v) is 9.03. The molecule has 1 atom stereocenters. The molecule has 1 fully saturated rings. The van der Waals surface area contributed by atoms with Crippen LogP contribution >= 0.6 is 0 Å². The minimum absolute atomic E-state index is 0.736. The Labute approximate surface area is 149 Å². The van der Waals surface area contributed by atoms with Gasteiger partial charge in [-0.1, -0.05) is 24.3 Å². The highest BCUT2D eigenvalue weighted by Gasteiger charge is 2.24. The number of nitrogens with zero attached hydrogens (tertiary/aromatic N) is 3. The van der Waals surface area contributed by atoms with E-state index in [9.17, 15) is 0 Å². The van der Waals surface area contributed by atoms with E-state index in [-0.39, 0.29) is 0 Å². The lowest BCUT2D eigenvalue weighted by atomic mass is 10.1. The number of aromatic nitrogens is 1. The van der Waals surface area contributed by atoms with Crippen LogP contribution in [0.3, 0.4) is 0 Å². The second kappa shape index (κ2) is 7.38. The number of hydrogen-bond acceptors (Lipinski definition) is 4.